The molecule has 1 aliphatic rings. The first kappa shape index (κ1) is 14.7. The maximum Gasteiger partial charge on any atom is 0.161 e. The third kappa shape index (κ3) is 3.18. The SMILES string of the molecule is OC(c1ccc2c(c1)OCCCO2)c1ccc(Br)cc1Cl. The van der Waals surface area contributed by atoms with E-state index in [0.717, 1.165) is 16.5 Å². The molecule has 1 heterocycles. The Morgan fingerprint density at radius 3 is 2.57 bits per heavy atom. The van der Waals surface area contributed by atoms with Gasteiger partial charge in [0.25, 0.3) is 0 Å². The summed E-state index contributed by atoms with van der Waals surface area (Å²) in [7, 11) is 0. The van der Waals surface area contributed by atoms with Crippen LogP contribution in [0.5, 0.6) is 11.5 Å². The van der Waals surface area contributed by atoms with Crippen molar-refractivity contribution in [1.29, 1.82) is 0 Å². The molecule has 1 atom stereocenters. The summed E-state index contributed by atoms with van der Waals surface area (Å²) in [6.07, 6.45) is 0.0493. The Morgan fingerprint density at radius 1 is 1.05 bits per heavy atom. The highest BCUT2D eigenvalue weighted by atomic mass is 79.9. The molecule has 3 rings (SSSR count). The fourth-order valence-electron chi connectivity index (χ4n) is 2.25. The molecular weight excluding hydrogens is 356 g/mol. The predicted molar refractivity (Wildman–Crippen MR) is 85.3 cm³/mol. The Balaban J connectivity index is 1.94. The molecule has 0 aliphatic carbocycles. The summed E-state index contributed by atoms with van der Waals surface area (Å²) in [5.41, 5.74) is 1.39. The van der Waals surface area contributed by atoms with Crippen molar-refractivity contribution in [2.75, 3.05) is 13.2 Å². The highest BCUT2D eigenvalue weighted by Crippen LogP contribution is 2.36. The van der Waals surface area contributed by atoms with Gasteiger partial charge in [0, 0.05) is 21.5 Å². The van der Waals surface area contributed by atoms with Gasteiger partial charge in [0.15, 0.2) is 11.5 Å². The van der Waals surface area contributed by atoms with Crippen LogP contribution in [0.15, 0.2) is 40.9 Å². The minimum absolute atomic E-state index is 0.518. The number of rotatable bonds is 2. The van der Waals surface area contributed by atoms with Gasteiger partial charge >= 0.3 is 0 Å². The molecule has 0 spiro atoms. The summed E-state index contributed by atoms with van der Waals surface area (Å²) >= 11 is 9.55. The van der Waals surface area contributed by atoms with Gasteiger partial charge in [-0.05, 0) is 29.8 Å². The summed E-state index contributed by atoms with van der Waals surface area (Å²) in [6.45, 7) is 1.26. The van der Waals surface area contributed by atoms with E-state index in [1.165, 1.54) is 0 Å². The van der Waals surface area contributed by atoms with Crippen LogP contribution in [-0.2, 0) is 0 Å². The van der Waals surface area contributed by atoms with Gasteiger partial charge in [0.1, 0.15) is 6.10 Å². The van der Waals surface area contributed by atoms with E-state index in [0.29, 0.717) is 35.3 Å². The van der Waals surface area contributed by atoms with E-state index < -0.39 is 6.10 Å². The topological polar surface area (TPSA) is 38.7 Å². The second kappa shape index (κ2) is 6.26. The van der Waals surface area contributed by atoms with E-state index in [9.17, 15) is 5.11 Å². The zero-order chi connectivity index (χ0) is 14.8. The maximum absolute atomic E-state index is 10.5. The lowest BCUT2D eigenvalue weighted by Gasteiger charge is -2.15. The van der Waals surface area contributed by atoms with E-state index >= 15 is 0 Å². The summed E-state index contributed by atoms with van der Waals surface area (Å²) in [5.74, 6) is 1.38. The molecule has 0 fully saturated rings. The van der Waals surface area contributed by atoms with Crippen LogP contribution in [0.2, 0.25) is 5.02 Å². The van der Waals surface area contributed by atoms with Crippen LogP contribution < -0.4 is 9.47 Å². The van der Waals surface area contributed by atoms with Gasteiger partial charge in [0.2, 0.25) is 0 Å². The zero-order valence-electron chi connectivity index (χ0n) is 11.2. The zero-order valence-corrected chi connectivity index (χ0v) is 13.5. The van der Waals surface area contributed by atoms with Gasteiger partial charge in [-0.2, -0.15) is 0 Å². The van der Waals surface area contributed by atoms with Crippen LogP contribution in [0, 0.1) is 0 Å². The minimum atomic E-state index is -0.803. The molecule has 2 aromatic carbocycles. The third-order valence-corrected chi connectivity index (χ3v) is 4.16. The Kier molecular flexibility index (Phi) is 4.38. The average molecular weight is 370 g/mol. The number of fused-ring (bicyclic) bond motifs is 1. The number of hydrogen-bond acceptors (Lipinski definition) is 3. The van der Waals surface area contributed by atoms with Gasteiger partial charge in [-0.3, -0.25) is 0 Å². The third-order valence-electron chi connectivity index (χ3n) is 3.34. The predicted octanol–water partition coefficient (Wildman–Crippen LogP) is 4.35. The van der Waals surface area contributed by atoms with E-state index in [2.05, 4.69) is 15.9 Å². The van der Waals surface area contributed by atoms with Crippen molar-refractivity contribution in [3.05, 3.63) is 57.0 Å². The lowest BCUT2D eigenvalue weighted by molar-refractivity contribution is 0.219. The number of aliphatic hydroxyl groups excluding tert-OH is 1. The average Bonchev–Trinajstić information content (AvgIpc) is 2.71. The first-order valence-electron chi connectivity index (χ1n) is 6.68. The van der Waals surface area contributed by atoms with Crippen LogP contribution in [0.1, 0.15) is 23.7 Å². The lowest BCUT2D eigenvalue weighted by Crippen LogP contribution is -2.02. The van der Waals surface area contributed by atoms with Gasteiger partial charge in [-0.25, -0.2) is 0 Å². The standard InChI is InChI=1S/C16H14BrClO3/c17-11-3-4-12(13(18)9-11)16(19)10-2-5-14-15(8-10)21-7-1-6-20-14/h2-5,8-9,16,19H,1,6-7H2. The molecule has 21 heavy (non-hydrogen) atoms. The highest BCUT2D eigenvalue weighted by molar-refractivity contribution is 9.10. The molecule has 1 unspecified atom stereocenters. The number of benzene rings is 2. The molecule has 1 N–H and O–H groups in total. The molecule has 0 radical (unpaired) electrons. The fraction of sp³-hybridized carbons (Fsp3) is 0.250. The molecule has 0 saturated carbocycles. The van der Waals surface area contributed by atoms with Gasteiger partial charge in [-0.15, -0.1) is 0 Å². The Hall–Kier alpha value is -1.23. The Bertz CT molecular complexity index is 660. The second-order valence-electron chi connectivity index (χ2n) is 4.83. The molecule has 5 heteroatoms. The van der Waals surface area contributed by atoms with Gasteiger partial charge in [0.05, 0.1) is 13.2 Å². The normalized spacial score (nSPS) is 15.4. The van der Waals surface area contributed by atoms with Crippen molar-refractivity contribution >= 4 is 27.5 Å². The first-order valence-corrected chi connectivity index (χ1v) is 7.85. The smallest absolute Gasteiger partial charge is 0.161 e. The Morgan fingerprint density at radius 2 is 1.81 bits per heavy atom. The van der Waals surface area contributed by atoms with E-state index in [1.807, 2.05) is 24.3 Å². The largest absolute Gasteiger partial charge is 0.490 e. The molecule has 110 valence electrons. The molecule has 0 bridgehead atoms. The van der Waals surface area contributed by atoms with Crippen molar-refractivity contribution < 1.29 is 14.6 Å². The minimum Gasteiger partial charge on any atom is -0.490 e. The van der Waals surface area contributed by atoms with E-state index in [-0.39, 0.29) is 0 Å². The number of halogens is 2. The molecule has 2 aromatic rings. The molecule has 0 amide bonds. The molecule has 3 nitrogen and oxygen atoms in total. The summed E-state index contributed by atoms with van der Waals surface area (Å²) in [6, 6.07) is 10.9. The number of ether oxygens (including phenoxy) is 2. The molecule has 1 aliphatic heterocycles. The summed E-state index contributed by atoms with van der Waals surface area (Å²) in [5, 5.41) is 11.1. The first-order chi connectivity index (χ1) is 10.1. The fourth-order valence-corrected chi connectivity index (χ4v) is 3.03. The quantitative estimate of drug-likeness (QED) is 0.855. The molecule has 0 saturated heterocycles. The van der Waals surface area contributed by atoms with Crippen molar-refractivity contribution in [3.8, 4) is 11.5 Å². The second-order valence-corrected chi connectivity index (χ2v) is 6.15. The van der Waals surface area contributed by atoms with E-state index in [4.69, 9.17) is 21.1 Å². The van der Waals surface area contributed by atoms with Crippen LogP contribution in [-0.4, -0.2) is 18.3 Å². The van der Waals surface area contributed by atoms with Crippen LogP contribution in [0.4, 0.5) is 0 Å². The highest BCUT2D eigenvalue weighted by Gasteiger charge is 2.18. The monoisotopic (exact) mass is 368 g/mol. The van der Waals surface area contributed by atoms with Crippen LogP contribution in [0.25, 0.3) is 0 Å². The van der Waals surface area contributed by atoms with Crippen molar-refractivity contribution in [3.63, 3.8) is 0 Å². The van der Waals surface area contributed by atoms with Crippen LogP contribution >= 0.6 is 27.5 Å². The van der Waals surface area contributed by atoms with E-state index in [1.54, 1.807) is 12.1 Å². The van der Waals surface area contributed by atoms with Crippen molar-refractivity contribution in [2.24, 2.45) is 0 Å². The molecular formula is C16H14BrClO3. The van der Waals surface area contributed by atoms with Gasteiger partial charge < -0.3 is 14.6 Å². The van der Waals surface area contributed by atoms with Gasteiger partial charge in [-0.1, -0.05) is 39.7 Å². The lowest BCUT2D eigenvalue weighted by atomic mass is 10.0. The molecule has 0 aromatic heterocycles. The summed E-state index contributed by atoms with van der Waals surface area (Å²) in [4.78, 5) is 0. The van der Waals surface area contributed by atoms with Crippen LogP contribution in [0.3, 0.4) is 0 Å². The van der Waals surface area contributed by atoms with Crippen molar-refractivity contribution in [1.82, 2.24) is 0 Å². The van der Waals surface area contributed by atoms with Crippen molar-refractivity contribution in [2.45, 2.75) is 12.5 Å². The number of hydrogen-bond donors (Lipinski definition) is 1. The number of aliphatic hydroxyl groups is 1. The Labute approximate surface area is 136 Å². The summed E-state index contributed by atoms with van der Waals surface area (Å²) < 4.78 is 12.1. The maximum atomic E-state index is 10.5.